The van der Waals surface area contributed by atoms with Crippen LogP contribution in [0.2, 0.25) is 0 Å². The maximum absolute atomic E-state index is 13.8. The number of hydrogen-bond acceptors (Lipinski definition) is 5. The molecule has 1 saturated heterocycles. The van der Waals surface area contributed by atoms with Crippen LogP contribution in [0.25, 0.3) is 0 Å². The summed E-state index contributed by atoms with van der Waals surface area (Å²) in [6.45, 7) is 6.25. The van der Waals surface area contributed by atoms with E-state index < -0.39 is 11.6 Å². The summed E-state index contributed by atoms with van der Waals surface area (Å²) < 4.78 is 27.1. The summed E-state index contributed by atoms with van der Waals surface area (Å²) in [7, 11) is 0. The topological polar surface area (TPSA) is 57.4 Å². The van der Waals surface area contributed by atoms with Crippen LogP contribution in [0.5, 0.6) is 0 Å². The van der Waals surface area contributed by atoms with Crippen LogP contribution in [0.3, 0.4) is 0 Å². The molecule has 5 nitrogen and oxygen atoms in total. The van der Waals surface area contributed by atoms with Gasteiger partial charge < -0.3 is 10.3 Å². The Hall–Kier alpha value is -1.47. The SMILES string of the molecule is CCCN1CCN(c2nc(NN)c(F)cc2F)CC1. The predicted octanol–water partition coefficient (Wildman–Crippen LogP) is 1.18. The van der Waals surface area contributed by atoms with Gasteiger partial charge in [-0.3, -0.25) is 4.90 Å². The highest BCUT2D eigenvalue weighted by Crippen LogP contribution is 2.22. The van der Waals surface area contributed by atoms with Crippen molar-refractivity contribution in [3.05, 3.63) is 17.7 Å². The summed E-state index contributed by atoms with van der Waals surface area (Å²) in [5, 5.41) is 0. The molecule has 0 spiro atoms. The molecule has 0 atom stereocenters. The van der Waals surface area contributed by atoms with Gasteiger partial charge in [0.25, 0.3) is 0 Å². The third-order valence-corrected chi connectivity index (χ3v) is 3.26. The second-order valence-electron chi connectivity index (χ2n) is 4.60. The Morgan fingerprint density at radius 3 is 2.53 bits per heavy atom. The van der Waals surface area contributed by atoms with Crippen molar-refractivity contribution in [1.29, 1.82) is 0 Å². The predicted molar refractivity (Wildman–Crippen MR) is 70.9 cm³/mol. The van der Waals surface area contributed by atoms with Gasteiger partial charge in [-0.25, -0.2) is 19.6 Å². The van der Waals surface area contributed by atoms with E-state index in [1.165, 1.54) is 0 Å². The number of nitrogen functional groups attached to an aromatic ring is 1. The zero-order valence-corrected chi connectivity index (χ0v) is 11.0. The Morgan fingerprint density at radius 1 is 1.26 bits per heavy atom. The first-order chi connectivity index (χ1) is 9.15. The van der Waals surface area contributed by atoms with E-state index in [0.29, 0.717) is 13.1 Å². The van der Waals surface area contributed by atoms with E-state index in [-0.39, 0.29) is 11.6 Å². The van der Waals surface area contributed by atoms with Crippen molar-refractivity contribution < 1.29 is 8.78 Å². The number of nitrogens with zero attached hydrogens (tertiary/aromatic N) is 3. The molecule has 0 aromatic carbocycles. The van der Waals surface area contributed by atoms with E-state index in [1.54, 1.807) is 0 Å². The Labute approximate surface area is 111 Å². The van der Waals surface area contributed by atoms with Crippen LogP contribution in [0.4, 0.5) is 20.4 Å². The lowest BCUT2D eigenvalue weighted by molar-refractivity contribution is 0.257. The minimum Gasteiger partial charge on any atom is -0.352 e. The average Bonchev–Trinajstić information content (AvgIpc) is 2.41. The van der Waals surface area contributed by atoms with Crippen LogP contribution >= 0.6 is 0 Å². The molecule has 0 amide bonds. The number of hydrazine groups is 1. The number of aromatic nitrogens is 1. The van der Waals surface area contributed by atoms with Crippen LogP contribution in [-0.4, -0.2) is 42.6 Å². The lowest BCUT2D eigenvalue weighted by Gasteiger charge is -2.35. The fourth-order valence-corrected chi connectivity index (χ4v) is 2.28. The van der Waals surface area contributed by atoms with E-state index in [1.807, 2.05) is 4.90 Å². The molecule has 0 saturated carbocycles. The third-order valence-electron chi connectivity index (χ3n) is 3.26. The first-order valence-corrected chi connectivity index (χ1v) is 6.45. The minimum absolute atomic E-state index is 0.132. The van der Waals surface area contributed by atoms with E-state index in [2.05, 4.69) is 22.2 Å². The molecule has 1 aromatic rings. The first kappa shape index (κ1) is 14.0. The van der Waals surface area contributed by atoms with Crippen molar-refractivity contribution >= 4 is 11.6 Å². The largest absolute Gasteiger partial charge is 0.352 e. The van der Waals surface area contributed by atoms with Crippen LogP contribution in [0, 0.1) is 11.6 Å². The van der Waals surface area contributed by atoms with Gasteiger partial charge in [0.1, 0.15) is 0 Å². The Morgan fingerprint density at radius 2 is 1.95 bits per heavy atom. The van der Waals surface area contributed by atoms with Gasteiger partial charge in [0.15, 0.2) is 23.3 Å². The zero-order valence-electron chi connectivity index (χ0n) is 11.0. The van der Waals surface area contributed by atoms with Gasteiger partial charge in [-0.05, 0) is 13.0 Å². The zero-order chi connectivity index (χ0) is 13.8. The molecule has 1 fully saturated rings. The van der Waals surface area contributed by atoms with Gasteiger partial charge >= 0.3 is 0 Å². The summed E-state index contributed by atoms with van der Waals surface area (Å²) in [5.41, 5.74) is 2.14. The maximum atomic E-state index is 13.8. The molecule has 1 aliphatic heterocycles. The fourth-order valence-electron chi connectivity index (χ4n) is 2.28. The molecule has 0 radical (unpaired) electrons. The summed E-state index contributed by atoms with van der Waals surface area (Å²) in [6.07, 6.45) is 1.10. The molecule has 3 N–H and O–H groups in total. The molecular weight excluding hydrogens is 252 g/mol. The standard InChI is InChI=1S/C12H19F2N5/c1-2-3-18-4-6-19(7-5-18)12-10(14)8-9(13)11(16-12)17-15/h8H,2-7,15H2,1H3,(H,16,17). The van der Waals surface area contributed by atoms with E-state index in [0.717, 1.165) is 32.1 Å². The summed E-state index contributed by atoms with van der Waals surface area (Å²) in [6, 6.07) is 0.815. The van der Waals surface area contributed by atoms with Gasteiger partial charge in [-0.15, -0.1) is 0 Å². The first-order valence-electron chi connectivity index (χ1n) is 6.45. The maximum Gasteiger partial charge on any atom is 0.178 e. The lowest BCUT2D eigenvalue weighted by atomic mass is 10.2. The molecule has 106 valence electrons. The minimum atomic E-state index is -0.784. The van der Waals surface area contributed by atoms with E-state index in [4.69, 9.17) is 5.84 Å². The van der Waals surface area contributed by atoms with Crippen LogP contribution in [0.15, 0.2) is 6.07 Å². The number of nitrogens with one attached hydrogen (secondary N) is 1. The monoisotopic (exact) mass is 271 g/mol. The molecule has 7 heteroatoms. The number of nitrogens with two attached hydrogens (primary N) is 1. The van der Waals surface area contributed by atoms with Crippen LogP contribution in [-0.2, 0) is 0 Å². The molecule has 1 aliphatic rings. The van der Waals surface area contributed by atoms with E-state index in [9.17, 15) is 8.78 Å². The van der Waals surface area contributed by atoms with Gasteiger partial charge in [0.05, 0.1) is 0 Å². The highest BCUT2D eigenvalue weighted by molar-refractivity contribution is 5.49. The lowest BCUT2D eigenvalue weighted by Crippen LogP contribution is -2.47. The summed E-state index contributed by atoms with van der Waals surface area (Å²) >= 11 is 0. The molecule has 2 heterocycles. The molecule has 19 heavy (non-hydrogen) atoms. The number of pyridine rings is 1. The number of rotatable bonds is 4. The van der Waals surface area contributed by atoms with Crippen molar-refractivity contribution in [2.45, 2.75) is 13.3 Å². The number of hydrogen-bond donors (Lipinski definition) is 2. The average molecular weight is 271 g/mol. The molecule has 0 aliphatic carbocycles. The molecule has 0 bridgehead atoms. The number of piperazine rings is 1. The van der Waals surface area contributed by atoms with Crippen molar-refractivity contribution in [2.75, 3.05) is 43.0 Å². The Bertz CT molecular complexity index is 432. The Kier molecular flexibility index (Phi) is 4.49. The van der Waals surface area contributed by atoms with Gasteiger partial charge in [-0.2, -0.15) is 0 Å². The fraction of sp³-hybridized carbons (Fsp3) is 0.583. The highest BCUT2D eigenvalue weighted by atomic mass is 19.1. The van der Waals surface area contributed by atoms with E-state index >= 15 is 0 Å². The number of anilines is 2. The molecule has 2 rings (SSSR count). The normalized spacial score (nSPS) is 16.7. The van der Waals surface area contributed by atoms with Crippen molar-refractivity contribution in [3.8, 4) is 0 Å². The van der Waals surface area contributed by atoms with Crippen molar-refractivity contribution in [3.63, 3.8) is 0 Å². The molecular formula is C12H19F2N5. The van der Waals surface area contributed by atoms with Crippen LogP contribution in [0.1, 0.15) is 13.3 Å². The highest BCUT2D eigenvalue weighted by Gasteiger charge is 2.21. The van der Waals surface area contributed by atoms with Gasteiger partial charge in [0, 0.05) is 32.2 Å². The molecule has 1 aromatic heterocycles. The number of halogens is 2. The van der Waals surface area contributed by atoms with Gasteiger partial charge in [0.2, 0.25) is 0 Å². The third kappa shape index (κ3) is 3.10. The molecule has 0 unspecified atom stereocenters. The summed E-state index contributed by atoms with van der Waals surface area (Å²) in [4.78, 5) is 8.05. The Balaban J connectivity index is 2.11. The second kappa shape index (κ2) is 6.12. The van der Waals surface area contributed by atoms with Crippen molar-refractivity contribution in [2.24, 2.45) is 5.84 Å². The van der Waals surface area contributed by atoms with Crippen LogP contribution < -0.4 is 16.2 Å². The van der Waals surface area contributed by atoms with Crippen molar-refractivity contribution in [1.82, 2.24) is 9.88 Å². The second-order valence-corrected chi connectivity index (χ2v) is 4.60. The smallest absolute Gasteiger partial charge is 0.178 e. The quantitative estimate of drug-likeness (QED) is 0.636. The summed E-state index contributed by atoms with van der Waals surface area (Å²) in [5.74, 6) is 3.75. The van der Waals surface area contributed by atoms with Gasteiger partial charge in [-0.1, -0.05) is 6.92 Å².